The Morgan fingerprint density at radius 2 is 1.73 bits per heavy atom. The number of benzene rings is 2. The number of carbonyl (C=O) groups is 2. The molecule has 26 heavy (non-hydrogen) atoms. The monoisotopic (exact) mass is 400 g/mol. The maximum Gasteiger partial charge on any atom is 0.233 e. The van der Waals surface area contributed by atoms with E-state index in [2.05, 4.69) is 4.72 Å². The number of nitrogens with one attached hydrogen (secondary N) is 1. The van der Waals surface area contributed by atoms with Gasteiger partial charge in [-0.05, 0) is 36.2 Å². The number of aryl methyl sites for hydroxylation is 1. The van der Waals surface area contributed by atoms with Crippen molar-refractivity contribution in [3.63, 3.8) is 0 Å². The van der Waals surface area contributed by atoms with Crippen LogP contribution in [-0.4, -0.2) is 34.9 Å². The summed E-state index contributed by atoms with van der Waals surface area (Å²) < 4.78 is 32.0. The van der Waals surface area contributed by atoms with Crippen LogP contribution >= 0.6 is 11.6 Å². The highest BCUT2D eigenvalue weighted by atomic mass is 35.5. The van der Waals surface area contributed by atoms with Gasteiger partial charge in [0.25, 0.3) is 0 Å². The zero-order valence-electron chi connectivity index (χ0n) is 14.3. The first-order chi connectivity index (χ1) is 12.4. The van der Waals surface area contributed by atoms with Gasteiger partial charge in [0.1, 0.15) is 19.3 Å². The number of nitrogen functional groups attached to an aromatic ring is 1. The molecule has 2 rings (SSSR count). The molecular weight excluding hydrogens is 380 g/mol. The van der Waals surface area contributed by atoms with Crippen molar-refractivity contribution in [2.45, 2.75) is 6.42 Å². The fourth-order valence-corrected chi connectivity index (χ4v) is 3.25. The zero-order chi connectivity index (χ0) is 20.2. The average molecular weight is 401 g/mol. The fourth-order valence-electron chi connectivity index (χ4n) is 1.98. The number of rotatable bonds is 6. The zero-order valence-corrected chi connectivity index (χ0v) is 15.8. The van der Waals surface area contributed by atoms with Crippen LogP contribution in [0.25, 0.3) is 0 Å². The second-order valence-electron chi connectivity index (χ2n) is 4.71. The lowest BCUT2D eigenvalue weighted by molar-refractivity contribution is -0.0987. The summed E-state index contributed by atoms with van der Waals surface area (Å²) in [6.07, 6.45) is 0.308. The molecular formula is C17H21ClN2O5S. The lowest BCUT2D eigenvalue weighted by atomic mass is 10.1. The van der Waals surface area contributed by atoms with Gasteiger partial charge >= 0.3 is 0 Å². The predicted octanol–water partition coefficient (Wildman–Crippen LogP) is 2.55. The number of hydrogen-bond donors (Lipinski definition) is 2. The maximum atomic E-state index is 12.2. The Morgan fingerprint density at radius 1 is 1.12 bits per heavy atom. The van der Waals surface area contributed by atoms with E-state index in [1.807, 2.05) is 13.6 Å². The molecule has 7 nitrogen and oxygen atoms in total. The number of methoxy groups -OCH3 is 1. The molecule has 0 saturated heterocycles. The molecule has 0 radical (unpaired) electrons. The van der Waals surface area contributed by atoms with Gasteiger partial charge in [0.15, 0.2) is 0 Å². The number of ether oxygens (including phenoxy) is 1. The van der Waals surface area contributed by atoms with Crippen molar-refractivity contribution in [1.82, 2.24) is 0 Å². The molecule has 0 saturated carbocycles. The summed E-state index contributed by atoms with van der Waals surface area (Å²) in [5, 5.41) is 0.540. The van der Waals surface area contributed by atoms with Crippen LogP contribution in [-0.2, 0) is 26.0 Å². The van der Waals surface area contributed by atoms with Crippen LogP contribution in [0.1, 0.15) is 5.56 Å². The molecule has 0 unspecified atom stereocenters. The Kier molecular flexibility index (Phi) is 10.7. The number of para-hydroxylation sites is 2. The quantitative estimate of drug-likeness (QED) is 0.720. The van der Waals surface area contributed by atoms with E-state index in [0.717, 1.165) is 5.56 Å². The Labute approximate surface area is 158 Å². The third-order valence-corrected chi connectivity index (χ3v) is 4.62. The lowest BCUT2D eigenvalue weighted by Gasteiger charge is -2.12. The number of halogens is 1. The number of anilines is 2. The SMILES string of the molecule is C=O.C=O.COc1cc(Cl)ccc1CCS(=O)(=O)Nc1ccccc1N. The number of hydrogen-bond acceptors (Lipinski definition) is 6. The summed E-state index contributed by atoms with van der Waals surface area (Å²) in [4.78, 5) is 16.0. The van der Waals surface area contributed by atoms with Crippen molar-refractivity contribution in [2.75, 3.05) is 23.3 Å². The topological polar surface area (TPSA) is 116 Å². The minimum atomic E-state index is -3.51. The van der Waals surface area contributed by atoms with Crippen molar-refractivity contribution < 1.29 is 22.7 Å². The standard InChI is InChI=1S/C15H17ClN2O3S.2CH2O/c1-21-15-10-12(16)7-6-11(15)8-9-22(19,20)18-14-5-3-2-4-13(14)17;2*1-2/h2-7,10,18H,8-9,17H2,1H3;2*1H2. The van der Waals surface area contributed by atoms with Crippen LogP contribution in [0.5, 0.6) is 5.75 Å². The van der Waals surface area contributed by atoms with Gasteiger partial charge in [-0.25, -0.2) is 8.42 Å². The summed E-state index contributed by atoms with van der Waals surface area (Å²) in [6.45, 7) is 4.00. The van der Waals surface area contributed by atoms with Gasteiger partial charge in [0.05, 0.1) is 24.2 Å². The second-order valence-corrected chi connectivity index (χ2v) is 6.99. The minimum absolute atomic E-state index is 0.0840. The molecule has 142 valence electrons. The molecule has 0 aromatic heterocycles. The average Bonchev–Trinajstić information content (AvgIpc) is 2.65. The van der Waals surface area contributed by atoms with Gasteiger partial charge in [-0.15, -0.1) is 0 Å². The van der Waals surface area contributed by atoms with Crippen LogP contribution in [0.4, 0.5) is 11.4 Å². The molecule has 0 fully saturated rings. The van der Waals surface area contributed by atoms with E-state index < -0.39 is 10.0 Å². The first kappa shape index (κ1) is 23.4. The largest absolute Gasteiger partial charge is 0.496 e. The van der Waals surface area contributed by atoms with Crippen LogP contribution < -0.4 is 15.2 Å². The van der Waals surface area contributed by atoms with E-state index in [9.17, 15) is 8.42 Å². The summed E-state index contributed by atoms with van der Waals surface area (Å²) in [7, 11) is -1.99. The summed E-state index contributed by atoms with van der Waals surface area (Å²) in [5.41, 5.74) is 7.28. The molecule has 0 spiro atoms. The highest BCUT2D eigenvalue weighted by molar-refractivity contribution is 7.92. The smallest absolute Gasteiger partial charge is 0.233 e. The number of carbonyl (C=O) groups excluding carboxylic acids is 2. The predicted molar refractivity (Wildman–Crippen MR) is 104 cm³/mol. The van der Waals surface area contributed by atoms with Crippen LogP contribution in [0.2, 0.25) is 5.02 Å². The van der Waals surface area contributed by atoms with Gasteiger partial charge in [-0.1, -0.05) is 29.8 Å². The van der Waals surface area contributed by atoms with E-state index in [0.29, 0.717) is 28.6 Å². The van der Waals surface area contributed by atoms with Gasteiger partial charge in [0, 0.05) is 5.02 Å². The van der Waals surface area contributed by atoms with Gasteiger partial charge in [-0.2, -0.15) is 0 Å². The third kappa shape index (κ3) is 7.54. The van der Waals surface area contributed by atoms with Crippen LogP contribution in [0.15, 0.2) is 42.5 Å². The first-order valence-corrected chi connectivity index (χ1v) is 9.19. The molecule has 0 heterocycles. The molecule has 0 amide bonds. The molecule has 9 heteroatoms. The first-order valence-electron chi connectivity index (χ1n) is 7.16. The van der Waals surface area contributed by atoms with Crippen molar-refractivity contribution >= 4 is 46.6 Å². The second kappa shape index (κ2) is 11.9. The summed E-state index contributed by atoms with van der Waals surface area (Å²) in [5.74, 6) is 0.487. The van der Waals surface area contributed by atoms with E-state index in [-0.39, 0.29) is 5.75 Å². The molecule has 0 bridgehead atoms. The molecule has 0 aliphatic heterocycles. The molecule has 2 aromatic carbocycles. The molecule has 0 atom stereocenters. The van der Waals surface area contributed by atoms with E-state index in [4.69, 9.17) is 31.7 Å². The Hall–Kier alpha value is -2.58. The van der Waals surface area contributed by atoms with Crippen molar-refractivity contribution in [1.29, 1.82) is 0 Å². The Balaban J connectivity index is 0.00000146. The number of sulfonamides is 1. The molecule has 3 N–H and O–H groups in total. The lowest BCUT2D eigenvalue weighted by Crippen LogP contribution is -2.19. The number of nitrogens with two attached hydrogens (primary N) is 1. The van der Waals surface area contributed by atoms with E-state index in [1.165, 1.54) is 7.11 Å². The Morgan fingerprint density at radius 3 is 2.31 bits per heavy atom. The molecule has 2 aromatic rings. The fraction of sp³-hybridized carbons (Fsp3) is 0.176. The van der Waals surface area contributed by atoms with Gasteiger partial charge < -0.3 is 20.1 Å². The Bertz CT molecular complexity index is 797. The van der Waals surface area contributed by atoms with Crippen molar-refractivity contribution in [2.24, 2.45) is 0 Å². The highest BCUT2D eigenvalue weighted by Crippen LogP contribution is 2.24. The highest BCUT2D eigenvalue weighted by Gasteiger charge is 2.14. The molecule has 0 aliphatic rings. The minimum Gasteiger partial charge on any atom is -0.496 e. The van der Waals surface area contributed by atoms with Crippen LogP contribution in [0.3, 0.4) is 0 Å². The van der Waals surface area contributed by atoms with Crippen LogP contribution in [0, 0.1) is 0 Å². The normalized spacial score (nSPS) is 9.77. The van der Waals surface area contributed by atoms with E-state index in [1.54, 1.807) is 42.5 Å². The van der Waals surface area contributed by atoms with Crippen molar-refractivity contribution in [3.05, 3.63) is 53.1 Å². The summed E-state index contributed by atoms with van der Waals surface area (Å²) >= 11 is 5.89. The molecule has 0 aliphatic carbocycles. The van der Waals surface area contributed by atoms with E-state index >= 15 is 0 Å². The summed E-state index contributed by atoms with van der Waals surface area (Å²) in [6, 6.07) is 11.8. The van der Waals surface area contributed by atoms with Crippen molar-refractivity contribution in [3.8, 4) is 5.75 Å². The van der Waals surface area contributed by atoms with Gasteiger partial charge in [0.2, 0.25) is 10.0 Å². The third-order valence-electron chi connectivity index (χ3n) is 3.12. The van der Waals surface area contributed by atoms with Gasteiger partial charge in [-0.3, -0.25) is 4.72 Å². The maximum absolute atomic E-state index is 12.2.